The molecule has 1 aliphatic carbocycles. The minimum Gasteiger partial charge on any atom is -0.448 e. The molecular weight excluding hydrogens is 354 g/mol. The van der Waals surface area contributed by atoms with Crippen LogP contribution in [0.15, 0.2) is 36.4 Å². The standard InChI is InChI=1S/C22H27N3O3/c1-16(21(26)24-13-7-2-3-8-14-24)28-22(27)20-15-19(17-11-12-17)23-25(20)18-9-5-4-6-10-18/h4-6,9-10,15-17H,2-3,7-8,11-14H2,1H3. The van der Waals surface area contributed by atoms with Crippen molar-refractivity contribution >= 4 is 11.9 Å². The van der Waals surface area contributed by atoms with Crippen molar-refractivity contribution in [1.29, 1.82) is 0 Å². The number of likely N-dealkylation sites (tertiary alicyclic amines) is 1. The third-order valence-electron chi connectivity index (χ3n) is 5.48. The lowest BCUT2D eigenvalue weighted by Gasteiger charge is -2.24. The van der Waals surface area contributed by atoms with E-state index in [-0.39, 0.29) is 5.91 Å². The summed E-state index contributed by atoms with van der Waals surface area (Å²) in [6.07, 6.45) is 5.73. The number of carbonyl (C=O) groups is 2. The van der Waals surface area contributed by atoms with E-state index >= 15 is 0 Å². The molecule has 2 aliphatic rings. The molecule has 0 radical (unpaired) electrons. The van der Waals surface area contributed by atoms with Crippen LogP contribution in [0.1, 0.15) is 67.5 Å². The van der Waals surface area contributed by atoms with E-state index < -0.39 is 12.1 Å². The van der Waals surface area contributed by atoms with Gasteiger partial charge in [0.1, 0.15) is 0 Å². The minimum absolute atomic E-state index is 0.108. The van der Waals surface area contributed by atoms with Crippen LogP contribution in [-0.2, 0) is 9.53 Å². The van der Waals surface area contributed by atoms with E-state index in [0.29, 0.717) is 11.6 Å². The highest BCUT2D eigenvalue weighted by atomic mass is 16.5. The second kappa shape index (κ2) is 8.17. The van der Waals surface area contributed by atoms with Crippen molar-refractivity contribution in [3.63, 3.8) is 0 Å². The molecule has 1 atom stereocenters. The molecule has 1 saturated heterocycles. The van der Waals surface area contributed by atoms with Crippen LogP contribution in [0.4, 0.5) is 0 Å². The molecule has 1 amide bonds. The van der Waals surface area contributed by atoms with Crippen LogP contribution in [-0.4, -0.2) is 45.8 Å². The van der Waals surface area contributed by atoms with Crippen LogP contribution in [0.5, 0.6) is 0 Å². The van der Waals surface area contributed by atoms with E-state index in [9.17, 15) is 9.59 Å². The van der Waals surface area contributed by atoms with Crippen molar-refractivity contribution < 1.29 is 14.3 Å². The van der Waals surface area contributed by atoms with E-state index in [1.165, 1.54) is 0 Å². The Hall–Kier alpha value is -2.63. The summed E-state index contributed by atoms with van der Waals surface area (Å²) < 4.78 is 7.21. The zero-order chi connectivity index (χ0) is 19.5. The van der Waals surface area contributed by atoms with Crippen molar-refractivity contribution in [3.8, 4) is 5.69 Å². The molecule has 1 aromatic heterocycles. The number of esters is 1. The average Bonchev–Trinajstić information content (AvgIpc) is 3.51. The first-order valence-electron chi connectivity index (χ1n) is 10.3. The molecular formula is C22H27N3O3. The third-order valence-corrected chi connectivity index (χ3v) is 5.48. The predicted octanol–water partition coefficient (Wildman–Crippen LogP) is 3.70. The molecule has 0 spiro atoms. The van der Waals surface area contributed by atoms with Crippen LogP contribution in [0.2, 0.25) is 0 Å². The normalized spacial score (nSPS) is 18.4. The number of carbonyl (C=O) groups excluding carboxylic acids is 2. The fourth-order valence-corrected chi connectivity index (χ4v) is 3.71. The molecule has 0 N–H and O–H groups in total. The molecule has 1 aromatic carbocycles. The van der Waals surface area contributed by atoms with Gasteiger partial charge in [-0.25, -0.2) is 9.48 Å². The number of nitrogens with zero attached hydrogens (tertiary/aromatic N) is 3. The summed E-state index contributed by atoms with van der Waals surface area (Å²) in [7, 11) is 0. The van der Waals surface area contributed by atoms with Crippen molar-refractivity contribution in [1.82, 2.24) is 14.7 Å². The van der Waals surface area contributed by atoms with Crippen LogP contribution < -0.4 is 0 Å². The molecule has 1 unspecified atom stereocenters. The number of benzene rings is 1. The van der Waals surface area contributed by atoms with Gasteiger partial charge in [0.15, 0.2) is 11.8 Å². The third kappa shape index (κ3) is 4.11. The van der Waals surface area contributed by atoms with E-state index in [4.69, 9.17) is 4.74 Å². The summed E-state index contributed by atoms with van der Waals surface area (Å²) in [4.78, 5) is 27.5. The largest absolute Gasteiger partial charge is 0.448 e. The van der Waals surface area contributed by atoms with Crippen molar-refractivity contribution in [2.75, 3.05) is 13.1 Å². The lowest BCUT2D eigenvalue weighted by atomic mass is 10.2. The summed E-state index contributed by atoms with van der Waals surface area (Å²) in [6.45, 7) is 3.15. The van der Waals surface area contributed by atoms with E-state index in [1.54, 1.807) is 11.6 Å². The van der Waals surface area contributed by atoms with Gasteiger partial charge in [0.2, 0.25) is 0 Å². The first-order valence-corrected chi connectivity index (χ1v) is 10.3. The van der Waals surface area contributed by atoms with Gasteiger partial charge in [0.25, 0.3) is 5.91 Å². The zero-order valence-electron chi connectivity index (χ0n) is 16.3. The lowest BCUT2D eigenvalue weighted by molar-refractivity contribution is -0.139. The van der Waals surface area contributed by atoms with Gasteiger partial charge < -0.3 is 9.64 Å². The Morgan fingerprint density at radius 1 is 1.07 bits per heavy atom. The fourth-order valence-electron chi connectivity index (χ4n) is 3.71. The molecule has 2 aromatic rings. The number of aromatic nitrogens is 2. The van der Waals surface area contributed by atoms with Gasteiger partial charge in [0.05, 0.1) is 11.4 Å². The quantitative estimate of drug-likeness (QED) is 0.741. The Morgan fingerprint density at radius 3 is 2.39 bits per heavy atom. The van der Waals surface area contributed by atoms with Gasteiger partial charge in [-0.1, -0.05) is 31.0 Å². The molecule has 2 heterocycles. The smallest absolute Gasteiger partial charge is 0.357 e. The molecule has 1 saturated carbocycles. The summed E-state index contributed by atoms with van der Waals surface area (Å²) in [5, 5.41) is 4.64. The van der Waals surface area contributed by atoms with Gasteiger partial charge in [-0.3, -0.25) is 4.79 Å². The summed E-state index contributed by atoms with van der Waals surface area (Å²) in [6, 6.07) is 11.4. The Balaban J connectivity index is 1.51. The van der Waals surface area contributed by atoms with E-state index in [2.05, 4.69) is 5.10 Å². The maximum absolute atomic E-state index is 12.9. The number of hydrogen-bond donors (Lipinski definition) is 0. The summed E-state index contributed by atoms with van der Waals surface area (Å²) in [5.74, 6) is -0.185. The summed E-state index contributed by atoms with van der Waals surface area (Å²) in [5.41, 5.74) is 2.11. The lowest BCUT2D eigenvalue weighted by Crippen LogP contribution is -2.40. The molecule has 1 aliphatic heterocycles. The minimum atomic E-state index is -0.797. The highest BCUT2D eigenvalue weighted by molar-refractivity contribution is 5.91. The Morgan fingerprint density at radius 2 is 1.75 bits per heavy atom. The Kier molecular flexibility index (Phi) is 5.46. The van der Waals surface area contributed by atoms with Crippen LogP contribution >= 0.6 is 0 Å². The monoisotopic (exact) mass is 381 g/mol. The average molecular weight is 381 g/mol. The zero-order valence-corrected chi connectivity index (χ0v) is 16.3. The number of ether oxygens (including phenoxy) is 1. The topological polar surface area (TPSA) is 64.4 Å². The molecule has 2 fully saturated rings. The maximum atomic E-state index is 12.9. The van der Waals surface area contributed by atoms with Gasteiger partial charge in [-0.2, -0.15) is 5.10 Å². The number of hydrogen-bond acceptors (Lipinski definition) is 4. The van der Waals surface area contributed by atoms with Gasteiger partial charge >= 0.3 is 5.97 Å². The summed E-state index contributed by atoms with van der Waals surface area (Å²) >= 11 is 0. The molecule has 28 heavy (non-hydrogen) atoms. The van der Waals surface area contributed by atoms with Gasteiger partial charge in [-0.15, -0.1) is 0 Å². The van der Waals surface area contributed by atoms with E-state index in [1.807, 2.05) is 41.3 Å². The first kappa shape index (κ1) is 18.7. The number of rotatable bonds is 5. The van der Waals surface area contributed by atoms with Crippen molar-refractivity contribution in [3.05, 3.63) is 47.8 Å². The predicted molar refractivity (Wildman–Crippen MR) is 105 cm³/mol. The molecule has 148 valence electrons. The fraction of sp³-hybridized carbons (Fsp3) is 0.500. The second-order valence-corrected chi connectivity index (χ2v) is 7.76. The first-order chi connectivity index (χ1) is 13.6. The molecule has 4 rings (SSSR count). The van der Waals surface area contributed by atoms with E-state index in [0.717, 1.165) is 63.0 Å². The molecule has 6 nitrogen and oxygen atoms in total. The van der Waals surface area contributed by atoms with Crippen molar-refractivity contribution in [2.24, 2.45) is 0 Å². The molecule has 6 heteroatoms. The number of amides is 1. The SMILES string of the molecule is CC(OC(=O)c1cc(C2CC2)nn1-c1ccccc1)C(=O)N1CCCCCC1. The van der Waals surface area contributed by atoms with Crippen LogP contribution in [0, 0.1) is 0 Å². The second-order valence-electron chi connectivity index (χ2n) is 7.76. The van der Waals surface area contributed by atoms with Crippen molar-refractivity contribution in [2.45, 2.75) is 57.5 Å². The Bertz CT molecular complexity index is 834. The highest BCUT2D eigenvalue weighted by Gasteiger charge is 2.31. The molecule has 0 bridgehead atoms. The maximum Gasteiger partial charge on any atom is 0.357 e. The Labute approximate surface area is 165 Å². The van der Waals surface area contributed by atoms with Crippen LogP contribution in [0.3, 0.4) is 0 Å². The van der Waals surface area contributed by atoms with Gasteiger partial charge in [-0.05, 0) is 50.8 Å². The van der Waals surface area contributed by atoms with Gasteiger partial charge in [0, 0.05) is 19.0 Å². The number of para-hydroxylation sites is 1. The van der Waals surface area contributed by atoms with Crippen LogP contribution in [0.25, 0.3) is 5.69 Å². The highest BCUT2D eigenvalue weighted by Crippen LogP contribution is 2.39.